The molecule has 1 aliphatic heterocycles. The highest BCUT2D eigenvalue weighted by Crippen LogP contribution is 2.19. The third kappa shape index (κ3) is 3.19. The Morgan fingerprint density at radius 3 is 2.28 bits per heavy atom. The van der Waals surface area contributed by atoms with Crippen LogP contribution >= 0.6 is 0 Å². The normalized spacial score (nSPS) is 16.1. The fraction of sp³-hybridized carbons (Fsp3) is 0.412. The number of hydrogen-bond acceptors (Lipinski definition) is 4. The van der Waals surface area contributed by atoms with E-state index < -0.39 is 21.3 Å². The van der Waals surface area contributed by atoms with Crippen LogP contribution in [0.4, 0.5) is 0 Å². The Hall–Kier alpha value is -2.19. The first kappa shape index (κ1) is 17.6. The van der Waals surface area contributed by atoms with Crippen molar-refractivity contribution in [2.24, 2.45) is 14.1 Å². The fourth-order valence-corrected chi connectivity index (χ4v) is 4.81. The molecule has 7 nitrogen and oxygen atoms in total. The molecular formula is C17H21N3O4S. The summed E-state index contributed by atoms with van der Waals surface area (Å²) in [5.74, 6) is 0. The predicted molar refractivity (Wildman–Crippen MR) is 94.1 cm³/mol. The Bertz CT molecular complexity index is 1020. The second kappa shape index (κ2) is 6.61. The number of rotatable bonds is 2. The molecule has 1 aliphatic rings. The minimum absolute atomic E-state index is 0.311. The minimum atomic E-state index is -3.96. The maximum absolute atomic E-state index is 13.0. The van der Waals surface area contributed by atoms with Crippen LogP contribution in [0.1, 0.15) is 17.5 Å². The van der Waals surface area contributed by atoms with Crippen molar-refractivity contribution in [2.45, 2.75) is 24.2 Å². The maximum Gasteiger partial charge on any atom is 0.330 e. The summed E-state index contributed by atoms with van der Waals surface area (Å²) in [5.41, 5.74) is 1.05. The molecule has 0 radical (unpaired) electrons. The van der Waals surface area contributed by atoms with E-state index in [9.17, 15) is 18.0 Å². The average Bonchev–Trinajstić information content (AvgIpc) is 2.56. The van der Waals surface area contributed by atoms with Gasteiger partial charge in [-0.15, -0.1) is 0 Å². The standard InChI is InChI=1S/C17H21N3O4S/c1-18-12-15(16(21)19(2)17(18)22)25(23,24)20-10-5-8-13-6-3-4-7-14(13)9-11-20/h3-4,6-7,12H,5,8-11H2,1-2H3. The van der Waals surface area contributed by atoms with Crippen molar-refractivity contribution in [1.29, 1.82) is 0 Å². The van der Waals surface area contributed by atoms with Gasteiger partial charge in [0.15, 0.2) is 4.90 Å². The maximum atomic E-state index is 13.0. The van der Waals surface area contributed by atoms with Crippen LogP contribution in [0, 0.1) is 0 Å². The van der Waals surface area contributed by atoms with Crippen LogP contribution in [0.25, 0.3) is 0 Å². The zero-order valence-electron chi connectivity index (χ0n) is 14.3. The third-order valence-corrected chi connectivity index (χ3v) is 6.52. The van der Waals surface area contributed by atoms with E-state index in [1.165, 1.54) is 24.0 Å². The van der Waals surface area contributed by atoms with Crippen molar-refractivity contribution in [1.82, 2.24) is 13.4 Å². The van der Waals surface area contributed by atoms with Gasteiger partial charge in [0.2, 0.25) is 10.0 Å². The second-order valence-electron chi connectivity index (χ2n) is 6.28. The second-order valence-corrected chi connectivity index (χ2v) is 8.18. The van der Waals surface area contributed by atoms with Crippen molar-refractivity contribution in [3.05, 3.63) is 62.4 Å². The van der Waals surface area contributed by atoms with Crippen molar-refractivity contribution in [3.8, 4) is 0 Å². The van der Waals surface area contributed by atoms with Gasteiger partial charge < -0.3 is 4.57 Å². The number of fused-ring (bicyclic) bond motifs is 1. The van der Waals surface area contributed by atoms with E-state index in [1.807, 2.05) is 18.2 Å². The van der Waals surface area contributed by atoms with Crippen LogP contribution in [0.5, 0.6) is 0 Å². The van der Waals surface area contributed by atoms with Gasteiger partial charge in [0.05, 0.1) is 0 Å². The van der Waals surface area contributed by atoms with Crippen LogP contribution < -0.4 is 11.2 Å². The van der Waals surface area contributed by atoms with Gasteiger partial charge >= 0.3 is 5.69 Å². The van der Waals surface area contributed by atoms with Crippen LogP contribution in [0.15, 0.2) is 44.9 Å². The van der Waals surface area contributed by atoms with Crippen LogP contribution in [-0.2, 0) is 37.0 Å². The highest BCUT2D eigenvalue weighted by molar-refractivity contribution is 7.89. The van der Waals surface area contributed by atoms with Crippen molar-refractivity contribution in [2.75, 3.05) is 13.1 Å². The first-order valence-corrected chi connectivity index (χ1v) is 9.60. The van der Waals surface area contributed by atoms with Gasteiger partial charge in [-0.25, -0.2) is 13.2 Å². The Balaban J connectivity index is 1.99. The summed E-state index contributed by atoms with van der Waals surface area (Å²) in [6.07, 6.45) is 3.20. The molecule has 0 saturated carbocycles. The number of aromatic nitrogens is 2. The minimum Gasteiger partial charge on any atom is -0.302 e. The monoisotopic (exact) mass is 363 g/mol. The third-order valence-electron chi connectivity index (χ3n) is 4.64. The van der Waals surface area contributed by atoms with Crippen molar-refractivity contribution >= 4 is 10.0 Å². The molecular weight excluding hydrogens is 342 g/mol. The summed E-state index contributed by atoms with van der Waals surface area (Å²) in [5, 5.41) is 0. The largest absolute Gasteiger partial charge is 0.330 e. The lowest BCUT2D eigenvalue weighted by molar-refractivity contribution is 0.399. The molecule has 0 unspecified atom stereocenters. The topological polar surface area (TPSA) is 81.4 Å². The summed E-state index contributed by atoms with van der Waals surface area (Å²) < 4.78 is 29.3. The molecule has 0 N–H and O–H groups in total. The van der Waals surface area contributed by atoms with E-state index in [0.717, 1.165) is 27.3 Å². The molecule has 1 aromatic heterocycles. The van der Waals surface area contributed by atoms with Gasteiger partial charge in [-0.05, 0) is 30.4 Å². The number of benzene rings is 1. The average molecular weight is 363 g/mol. The molecule has 0 fully saturated rings. The number of nitrogens with zero attached hydrogens (tertiary/aromatic N) is 3. The molecule has 0 amide bonds. The molecule has 0 bridgehead atoms. The van der Waals surface area contributed by atoms with E-state index in [-0.39, 0.29) is 4.90 Å². The molecule has 0 atom stereocenters. The highest BCUT2D eigenvalue weighted by Gasteiger charge is 2.29. The molecule has 3 rings (SSSR count). The Kier molecular flexibility index (Phi) is 4.66. The van der Waals surface area contributed by atoms with Gasteiger partial charge in [-0.3, -0.25) is 9.36 Å². The quantitative estimate of drug-likeness (QED) is 0.767. The summed E-state index contributed by atoms with van der Waals surface area (Å²) >= 11 is 0. The van der Waals surface area contributed by atoms with Crippen LogP contribution in [-0.4, -0.2) is 34.9 Å². The van der Waals surface area contributed by atoms with Crippen LogP contribution in [0.2, 0.25) is 0 Å². The molecule has 1 aromatic carbocycles. The first-order chi connectivity index (χ1) is 11.8. The predicted octanol–water partition coefficient (Wildman–Crippen LogP) is 0.264. The molecule has 0 saturated heterocycles. The van der Waals surface area contributed by atoms with E-state index in [1.54, 1.807) is 0 Å². The summed E-state index contributed by atoms with van der Waals surface area (Å²) in [4.78, 5) is 23.8. The molecule has 134 valence electrons. The summed E-state index contributed by atoms with van der Waals surface area (Å²) in [6.45, 7) is 0.661. The number of aryl methyl sites for hydroxylation is 2. The molecule has 0 spiro atoms. The van der Waals surface area contributed by atoms with E-state index in [2.05, 4.69) is 6.07 Å². The van der Waals surface area contributed by atoms with Crippen molar-refractivity contribution < 1.29 is 8.42 Å². The number of hydrogen-bond donors (Lipinski definition) is 0. The van der Waals surface area contributed by atoms with Gasteiger partial charge in [-0.2, -0.15) is 4.31 Å². The summed E-state index contributed by atoms with van der Waals surface area (Å²) in [6, 6.07) is 8.02. The Morgan fingerprint density at radius 1 is 0.960 bits per heavy atom. The molecule has 25 heavy (non-hydrogen) atoms. The molecule has 2 aromatic rings. The SMILES string of the molecule is Cn1cc(S(=O)(=O)N2CCCc3ccccc3CC2)c(=O)n(C)c1=O. The zero-order chi connectivity index (χ0) is 18.2. The van der Waals surface area contributed by atoms with Gasteiger partial charge in [-0.1, -0.05) is 24.3 Å². The summed E-state index contributed by atoms with van der Waals surface area (Å²) in [7, 11) is -1.24. The smallest absolute Gasteiger partial charge is 0.302 e. The van der Waals surface area contributed by atoms with E-state index >= 15 is 0 Å². The molecule has 8 heteroatoms. The lowest BCUT2D eigenvalue weighted by Crippen LogP contribution is -2.43. The van der Waals surface area contributed by atoms with E-state index in [4.69, 9.17) is 0 Å². The Morgan fingerprint density at radius 2 is 1.60 bits per heavy atom. The fourth-order valence-electron chi connectivity index (χ4n) is 3.18. The lowest BCUT2D eigenvalue weighted by atomic mass is 9.99. The van der Waals surface area contributed by atoms with Gasteiger partial charge in [0.1, 0.15) is 0 Å². The molecule has 0 aliphatic carbocycles. The van der Waals surface area contributed by atoms with Gasteiger partial charge in [0.25, 0.3) is 5.56 Å². The number of sulfonamides is 1. The van der Waals surface area contributed by atoms with Gasteiger partial charge in [0, 0.05) is 33.4 Å². The zero-order valence-corrected chi connectivity index (χ0v) is 15.1. The van der Waals surface area contributed by atoms with E-state index in [0.29, 0.717) is 25.9 Å². The lowest BCUT2D eigenvalue weighted by Gasteiger charge is -2.25. The van der Waals surface area contributed by atoms with Crippen molar-refractivity contribution in [3.63, 3.8) is 0 Å². The highest BCUT2D eigenvalue weighted by atomic mass is 32.2. The molecule has 2 heterocycles. The first-order valence-electron chi connectivity index (χ1n) is 8.16. The van der Waals surface area contributed by atoms with Crippen LogP contribution in [0.3, 0.4) is 0 Å². The Labute approximate surface area is 146 Å².